The Kier molecular flexibility index (Phi) is 2.64. The van der Waals surface area contributed by atoms with Crippen LogP contribution in [0.3, 0.4) is 0 Å². The van der Waals surface area contributed by atoms with Crippen molar-refractivity contribution in [2.75, 3.05) is 6.54 Å². The fourth-order valence-corrected chi connectivity index (χ4v) is 0.861. The first kappa shape index (κ1) is 7.76. The highest BCUT2D eigenvalue weighted by molar-refractivity contribution is 5.04. The van der Waals surface area contributed by atoms with Gasteiger partial charge in [-0.15, -0.1) is 0 Å². The zero-order valence-corrected chi connectivity index (χ0v) is 6.20. The second kappa shape index (κ2) is 3.74. The average molecular weight is 150 g/mol. The summed E-state index contributed by atoms with van der Waals surface area (Å²) >= 11 is 0. The van der Waals surface area contributed by atoms with Gasteiger partial charge >= 0.3 is 0 Å². The Labute approximate surface area is 65.2 Å². The Morgan fingerprint density at radius 1 is 1.73 bits per heavy atom. The summed E-state index contributed by atoms with van der Waals surface area (Å²) in [5.74, 6) is 0. The third-order valence-electron chi connectivity index (χ3n) is 1.35. The Bertz CT molecular complexity index is 258. The molecule has 0 unspecified atom stereocenters. The molecule has 0 radical (unpaired) electrons. The number of hydrogen-bond acceptors (Lipinski definition) is 3. The van der Waals surface area contributed by atoms with Crippen LogP contribution in [0, 0.1) is 11.3 Å². The molecule has 0 bridgehead atoms. The standard InChI is InChI=1S/C7H10N4/c8-2-1-7-5-10-11(6-7)4-3-9/h5-6H,1-2,4,8H2. The number of nitriles is 1. The molecule has 0 saturated carbocycles. The van der Waals surface area contributed by atoms with Crippen LogP contribution < -0.4 is 5.73 Å². The van der Waals surface area contributed by atoms with Crippen LogP contribution in [0.25, 0.3) is 0 Å². The lowest BCUT2D eigenvalue weighted by atomic mass is 10.3. The van der Waals surface area contributed by atoms with E-state index in [1.54, 1.807) is 10.9 Å². The summed E-state index contributed by atoms with van der Waals surface area (Å²) in [6.07, 6.45) is 4.41. The summed E-state index contributed by atoms with van der Waals surface area (Å²) < 4.78 is 1.60. The highest BCUT2D eigenvalue weighted by atomic mass is 15.3. The first-order chi connectivity index (χ1) is 5.36. The van der Waals surface area contributed by atoms with Gasteiger partial charge in [-0.2, -0.15) is 10.4 Å². The summed E-state index contributed by atoms with van der Waals surface area (Å²) in [7, 11) is 0. The van der Waals surface area contributed by atoms with Crippen molar-refractivity contribution in [3.8, 4) is 6.07 Å². The van der Waals surface area contributed by atoms with Crippen LogP contribution >= 0.6 is 0 Å². The molecule has 1 aromatic heterocycles. The second-order valence-electron chi connectivity index (χ2n) is 2.24. The molecular formula is C7H10N4. The average Bonchev–Trinajstić information content (AvgIpc) is 2.38. The van der Waals surface area contributed by atoms with Crippen LogP contribution in [-0.4, -0.2) is 16.3 Å². The van der Waals surface area contributed by atoms with E-state index < -0.39 is 0 Å². The summed E-state index contributed by atoms with van der Waals surface area (Å²) in [6.45, 7) is 0.933. The van der Waals surface area contributed by atoms with Crippen LogP contribution in [0.15, 0.2) is 12.4 Å². The molecule has 0 spiro atoms. The minimum Gasteiger partial charge on any atom is -0.330 e. The molecule has 0 aliphatic heterocycles. The zero-order chi connectivity index (χ0) is 8.10. The van der Waals surface area contributed by atoms with E-state index >= 15 is 0 Å². The SMILES string of the molecule is N#CCn1cc(CCN)cn1. The van der Waals surface area contributed by atoms with Crippen molar-refractivity contribution in [1.82, 2.24) is 9.78 Å². The quantitative estimate of drug-likeness (QED) is 0.654. The minimum atomic E-state index is 0.310. The van der Waals surface area contributed by atoms with Crippen molar-refractivity contribution >= 4 is 0 Å². The minimum absolute atomic E-state index is 0.310. The van der Waals surface area contributed by atoms with Gasteiger partial charge in [-0.25, -0.2) is 0 Å². The molecule has 0 aromatic carbocycles. The van der Waals surface area contributed by atoms with Crippen molar-refractivity contribution in [2.45, 2.75) is 13.0 Å². The maximum absolute atomic E-state index is 8.32. The van der Waals surface area contributed by atoms with E-state index in [4.69, 9.17) is 11.0 Å². The van der Waals surface area contributed by atoms with Crippen LogP contribution in [-0.2, 0) is 13.0 Å². The predicted molar refractivity (Wildman–Crippen MR) is 40.6 cm³/mol. The fraction of sp³-hybridized carbons (Fsp3) is 0.429. The van der Waals surface area contributed by atoms with Gasteiger partial charge < -0.3 is 5.73 Å². The van der Waals surface area contributed by atoms with Crippen molar-refractivity contribution in [1.29, 1.82) is 5.26 Å². The van der Waals surface area contributed by atoms with Crippen LogP contribution in [0.4, 0.5) is 0 Å². The van der Waals surface area contributed by atoms with Crippen LogP contribution in [0.5, 0.6) is 0 Å². The highest BCUT2D eigenvalue weighted by Gasteiger charge is 1.95. The molecule has 0 amide bonds. The lowest BCUT2D eigenvalue weighted by Gasteiger charge is -1.89. The summed E-state index contributed by atoms with van der Waals surface area (Å²) in [4.78, 5) is 0. The number of aromatic nitrogens is 2. The largest absolute Gasteiger partial charge is 0.330 e. The Balaban J connectivity index is 2.60. The molecular weight excluding hydrogens is 140 g/mol. The molecule has 0 saturated heterocycles. The molecule has 0 aliphatic carbocycles. The smallest absolute Gasteiger partial charge is 0.128 e. The Morgan fingerprint density at radius 2 is 2.55 bits per heavy atom. The van der Waals surface area contributed by atoms with Crippen LogP contribution in [0.2, 0.25) is 0 Å². The lowest BCUT2D eigenvalue weighted by Crippen LogP contribution is -2.01. The molecule has 0 atom stereocenters. The van der Waals surface area contributed by atoms with E-state index in [1.807, 2.05) is 12.3 Å². The first-order valence-electron chi connectivity index (χ1n) is 3.45. The molecule has 58 valence electrons. The number of hydrogen-bond donors (Lipinski definition) is 1. The molecule has 1 heterocycles. The molecule has 4 nitrogen and oxygen atoms in total. The maximum Gasteiger partial charge on any atom is 0.128 e. The number of nitrogens with two attached hydrogens (primary N) is 1. The van der Waals surface area contributed by atoms with Crippen molar-refractivity contribution < 1.29 is 0 Å². The molecule has 1 rings (SSSR count). The Hall–Kier alpha value is -1.34. The zero-order valence-electron chi connectivity index (χ0n) is 6.20. The van der Waals surface area contributed by atoms with Gasteiger partial charge in [0.25, 0.3) is 0 Å². The first-order valence-corrected chi connectivity index (χ1v) is 3.45. The summed E-state index contributed by atoms with van der Waals surface area (Å²) in [5.41, 5.74) is 6.43. The van der Waals surface area contributed by atoms with Crippen molar-refractivity contribution in [2.24, 2.45) is 5.73 Å². The summed E-state index contributed by atoms with van der Waals surface area (Å²) in [6, 6.07) is 2.01. The monoisotopic (exact) mass is 150 g/mol. The van der Waals surface area contributed by atoms with E-state index in [-0.39, 0.29) is 0 Å². The fourth-order valence-electron chi connectivity index (χ4n) is 0.861. The highest BCUT2D eigenvalue weighted by Crippen LogP contribution is 1.96. The van der Waals surface area contributed by atoms with Gasteiger partial charge in [0.15, 0.2) is 0 Å². The second-order valence-corrected chi connectivity index (χ2v) is 2.24. The van der Waals surface area contributed by atoms with Gasteiger partial charge in [-0.1, -0.05) is 0 Å². The van der Waals surface area contributed by atoms with Gasteiger partial charge in [-0.05, 0) is 18.5 Å². The van der Waals surface area contributed by atoms with Gasteiger partial charge in [0.05, 0.1) is 12.3 Å². The topological polar surface area (TPSA) is 67.6 Å². The molecule has 0 fully saturated rings. The van der Waals surface area contributed by atoms with Gasteiger partial charge in [-0.3, -0.25) is 4.68 Å². The van der Waals surface area contributed by atoms with E-state index in [1.165, 1.54) is 0 Å². The maximum atomic E-state index is 8.32. The van der Waals surface area contributed by atoms with Crippen molar-refractivity contribution in [3.05, 3.63) is 18.0 Å². The molecule has 4 heteroatoms. The number of rotatable bonds is 3. The molecule has 2 N–H and O–H groups in total. The predicted octanol–water partition coefficient (Wildman–Crippen LogP) is -0.0921. The molecule has 1 aromatic rings. The Morgan fingerprint density at radius 3 is 3.18 bits per heavy atom. The number of nitrogens with zero attached hydrogens (tertiary/aromatic N) is 3. The molecule has 11 heavy (non-hydrogen) atoms. The normalized spacial score (nSPS) is 9.45. The van der Waals surface area contributed by atoms with Gasteiger partial charge in [0, 0.05) is 6.20 Å². The van der Waals surface area contributed by atoms with E-state index in [0.29, 0.717) is 13.1 Å². The molecule has 0 aliphatic rings. The third kappa shape index (κ3) is 2.06. The van der Waals surface area contributed by atoms with E-state index in [0.717, 1.165) is 12.0 Å². The van der Waals surface area contributed by atoms with Crippen LogP contribution in [0.1, 0.15) is 5.56 Å². The van der Waals surface area contributed by atoms with E-state index in [9.17, 15) is 0 Å². The van der Waals surface area contributed by atoms with Gasteiger partial charge in [0.1, 0.15) is 6.54 Å². The summed E-state index contributed by atoms with van der Waals surface area (Å²) in [5, 5.41) is 12.3. The van der Waals surface area contributed by atoms with E-state index in [2.05, 4.69) is 5.10 Å². The van der Waals surface area contributed by atoms with Gasteiger partial charge in [0.2, 0.25) is 0 Å². The van der Waals surface area contributed by atoms with Crippen molar-refractivity contribution in [3.63, 3.8) is 0 Å². The third-order valence-corrected chi connectivity index (χ3v) is 1.35. The lowest BCUT2D eigenvalue weighted by molar-refractivity contribution is 0.709.